The summed E-state index contributed by atoms with van der Waals surface area (Å²) >= 11 is 1.03. The fraction of sp³-hybridized carbons (Fsp3) is 0.417. The van der Waals surface area contributed by atoms with Crippen LogP contribution in [-0.2, 0) is 30.7 Å². The molecule has 4 rings (SSSR count). The molecule has 1 aliphatic heterocycles. The van der Waals surface area contributed by atoms with Gasteiger partial charge in [0.25, 0.3) is 5.91 Å². The summed E-state index contributed by atoms with van der Waals surface area (Å²) in [6.07, 6.45) is -3.44. The smallest absolute Gasteiger partial charge is 0.416 e. The molecule has 0 fully saturated rings. The second-order valence-electron chi connectivity index (χ2n) is 8.23. The van der Waals surface area contributed by atoms with E-state index < -0.39 is 23.2 Å². The number of nitrogens with one attached hydrogen (secondary N) is 1. The number of ether oxygens (including phenoxy) is 7. The van der Waals surface area contributed by atoms with Gasteiger partial charge < -0.3 is 33.2 Å². The van der Waals surface area contributed by atoms with Gasteiger partial charge in [-0.2, -0.15) is 13.2 Å². The minimum atomic E-state index is -4.61. The molecular formula is C24H25F3N4O8S. The van der Waals surface area contributed by atoms with Crippen LogP contribution in [0.4, 0.5) is 18.3 Å². The van der Waals surface area contributed by atoms with Crippen molar-refractivity contribution in [3.63, 3.8) is 0 Å². The number of aromatic nitrogens is 3. The lowest BCUT2D eigenvalue weighted by molar-refractivity contribution is -0.143. The monoisotopic (exact) mass is 586 g/mol. The molecule has 12 nitrogen and oxygen atoms in total. The van der Waals surface area contributed by atoms with Crippen LogP contribution < -0.4 is 19.5 Å². The molecule has 3 aromatic rings. The van der Waals surface area contributed by atoms with E-state index in [0.717, 1.165) is 23.5 Å². The predicted molar refractivity (Wildman–Crippen MR) is 134 cm³/mol. The number of fused-ring (bicyclic) bond motifs is 3. The van der Waals surface area contributed by atoms with Crippen LogP contribution in [0.2, 0.25) is 0 Å². The highest BCUT2D eigenvalue weighted by Gasteiger charge is 2.46. The standard InChI is InChI=1S/C24H25F3N4O8S/c1-33-11-37-8-23(9-38-12-34-2)18-17(14-6-5-13(24(25,26)27)7-15(14)39-23)30-22(40-18)31-19(32)16-20(35-3)28-10-29-21(16)36-4/h5-7,10H,8-9,11-12H2,1-4H3,(H,30,31,32). The fourth-order valence-corrected chi connectivity index (χ4v) is 5.00. The summed E-state index contributed by atoms with van der Waals surface area (Å²) in [6, 6.07) is 3.07. The van der Waals surface area contributed by atoms with Gasteiger partial charge in [-0.15, -0.1) is 0 Å². The summed E-state index contributed by atoms with van der Waals surface area (Å²) in [7, 11) is 5.50. The van der Waals surface area contributed by atoms with Crippen molar-refractivity contribution in [1.29, 1.82) is 0 Å². The molecule has 1 N–H and O–H groups in total. The number of halogens is 3. The Morgan fingerprint density at radius 3 is 2.20 bits per heavy atom. The van der Waals surface area contributed by atoms with Crippen molar-refractivity contribution in [1.82, 2.24) is 15.0 Å². The van der Waals surface area contributed by atoms with Gasteiger partial charge in [0.2, 0.25) is 11.8 Å². The van der Waals surface area contributed by atoms with E-state index in [4.69, 9.17) is 33.2 Å². The zero-order valence-corrected chi connectivity index (χ0v) is 22.6. The van der Waals surface area contributed by atoms with Gasteiger partial charge in [0.1, 0.15) is 25.7 Å². The van der Waals surface area contributed by atoms with Gasteiger partial charge in [-0.1, -0.05) is 11.3 Å². The van der Waals surface area contributed by atoms with Crippen LogP contribution in [0.5, 0.6) is 17.5 Å². The van der Waals surface area contributed by atoms with Gasteiger partial charge in [-0.05, 0) is 18.2 Å². The van der Waals surface area contributed by atoms with Gasteiger partial charge in [-0.25, -0.2) is 15.0 Å². The van der Waals surface area contributed by atoms with Crippen molar-refractivity contribution in [2.24, 2.45) is 0 Å². The number of nitrogens with zero attached hydrogens (tertiary/aromatic N) is 3. The normalized spacial score (nSPS) is 13.7. The number of hydrogen-bond donors (Lipinski definition) is 1. The molecule has 0 bridgehead atoms. The van der Waals surface area contributed by atoms with Gasteiger partial charge in [0.15, 0.2) is 16.3 Å². The highest BCUT2D eigenvalue weighted by molar-refractivity contribution is 7.16. The van der Waals surface area contributed by atoms with Crippen molar-refractivity contribution in [2.45, 2.75) is 11.8 Å². The number of methoxy groups -OCH3 is 4. The number of thiazole rings is 1. The minimum absolute atomic E-state index is 0.0330. The van der Waals surface area contributed by atoms with E-state index >= 15 is 0 Å². The fourth-order valence-electron chi connectivity index (χ4n) is 3.93. The predicted octanol–water partition coefficient (Wildman–Crippen LogP) is 3.72. The summed E-state index contributed by atoms with van der Waals surface area (Å²) in [4.78, 5) is 26.1. The molecular weight excluding hydrogens is 561 g/mol. The van der Waals surface area contributed by atoms with Gasteiger partial charge >= 0.3 is 6.18 Å². The number of anilines is 1. The zero-order valence-electron chi connectivity index (χ0n) is 21.8. The molecule has 1 aliphatic rings. The van der Waals surface area contributed by atoms with Crippen molar-refractivity contribution in [2.75, 3.05) is 60.6 Å². The van der Waals surface area contributed by atoms with Crippen LogP contribution in [-0.4, -0.2) is 76.1 Å². The van der Waals surface area contributed by atoms with E-state index in [0.29, 0.717) is 4.88 Å². The molecule has 0 saturated carbocycles. The quantitative estimate of drug-likeness (QED) is 0.246. The van der Waals surface area contributed by atoms with E-state index in [1.165, 1.54) is 40.8 Å². The lowest BCUT2D eigenvalue weighted by Crippen LogP contribution is -2.44. The number of carbonyl (C=O) groups excluding carboxylic acids is 1. The Bertz CT molecular complexity index is 1320. The molecule has 0 spiro atoms. The average Bonchev–Trinajstić information content (AvgIpc) is 3.36. The summed E-state index contributed by atoms with van der Waals surface area (Å²) in [5.41, 5.74) is -1.89. The van der Waals surface area contributed by atoms with Gasteiger partial charge in [0, 0.05) is 19.8 Å². The third kappa shape index (κ3) is 5.95. The first kappa shape index (κ1) is 29.4. The first-order chi connectivity index (χ1) is 19.2. The zero-order chi connectivity index (χ0) is 28.9. The third-order valence-electron chi connectivity index (χ3n) is 5.60. The summed E-state index contributed by atoms with van der Waals surface area (Å²) in [5.74, 6) is -0.846. The first-order valence-corrected chi connectivity index (χ1v) is 12.3. The SMILES string of the molecule is COCOCC1(COCOC)Oc2cc(C(F)(F)F)ccc2-c2nc(NC(=O)c3c(OC)ncnc3OC)sc21. The van der Waals surface area contributed by atoms with E-state index in [9.17, 15) is 18.0 Å². The van der Waals surface area contributed by atoms with Crippen molar-refractivity contribution >= 4 is 22.4 Å². The first-order valence-electron chi connectivity index (χ1n) is 11.5. The Morgan fingerprint density at radius 2 is 1.65 bits per heavy atom. The second kappa shape index (κ2) is 12.3. The Balaban J connectivity index is 1.81. The third-order valence-corrected chi connectivity index (χ3v) is 6.75. The summed E-state index contributed by atoms with van der Waals surface area (Å²) < 4.78 is 78.3. The summed E-state index contributed by atoms with van der Waals surface area (Å²) in [5, 5.41) is 2.76. The molecule has 0 radical (unpaired) electrons. The van der Waals surface area contributed by atoms with E-state index in [1.807, 2.05) is 0 Å². The number of amides is 1. The molecule has 2 aromatic heterocycles. The molecule has 216 valence electrons. The Kier molecular flexibility index (Phi) is 9.05. The highest BCUT2D eigenvalue weighted by atomic mass is 32.1. The van der Waals surface area contributed by atoms with Crippen LogP contribution in [0.1, 0.15) is 20.8 Å². The Labute approximate surface area is 230 Å². The van der Waals surface area contributed by atoms with Crippen molar-refractivity contribution in [3.8, 4) is 28.8 Å². The Morgan fingerprint density at radius 1 is 1.02 bits per heavy atom. The molecule has 40 heavy (non-hydrogen) atoms. The number of alkyl halides is 3. The molecule has 16 heteroatoms. The van der Waals surface area contributed by atoms with Crippen molar-refractivity contribution < 1.29 is 51.1 Å². The van der Waals surface area contributed by atoms with E-state index in [2.05, 4.69) is 20.3 Å². The molecule has 0 unspecified atom stereocenters. The highest BCUT2D eigenvalue weighted by Crippen LogP contribution is 2.50. The molecule has 1 aromatic carbocycles. The Hall–Kier alpha value is -3.57. The lowest BCUT2D eigenvalue weighted by Gasteiger charge is -2.37. The molecule has 0 atom stereocenters. The van der Waals surface area contributed by atoms with Crippen LogP contribution >= 0.6 is 11.3 Å². The van der Waals surface area contributed by atoms with Crippen molar-refractivity contribution in [3.05, 3.63) is 40.5 Å². The van der Waals surface area contributed by atoms with Gasteiger partial charge in [0.05, 0.1) is 43.6 Å². The van der Waals surface area contributed by atoms with Crippen LogP contribution in [0.15, 0.2) is 24.5 Å². The maximum atomic E-state index is 13.5. The largest absolute Gasteiger partial charge is 0.480 e. The summed E-state index contributed by atoms with van der Waals surface area (Å²) in [6.45, 7) is -0.625. The lowest BCUT2D eigenvalue weighted by atomic mass is 9.94. The minimum Gasteiger partial charge on any atom is -0.480 e. The van der Waals surface area contributed by atoms with Gasteiger partial charge in [-0.3, -0.25) is 10.1 Å². The second-order valence-corrected chi connectivity index (χ2v) is 9.23. The maximum absolute atomic E-state index is 13.5. The maximum Gasteiger partial charge on any atom is 0.416 e. The van der Waals surface area contributed by atoms with Crippen LogP contribution in [0, 0.1) is 0 Å². The number of carbonyl (C=O) groups is 1. The van der Waals surface area contributed by atoms with Crippen LogP contribution in [0.25, 0.3) is 11.3 Å². The number of benzene rings is 1. The molecule has 0 aliphatic carbocycles. The number of hydrogen-bond acceptors (Lipinski definition) is 12. The van der Waals surface area contributed by atoms with E-state index in [-0.39, 0.29) is 66.3 Å². The molecule has 3 heterocycles. The number of rotatable bonds is 12. The van der Waals surface area contributed by atoms with E-state index in [1.54, 1.807) is 0 Å². The molecule has 1 amide bonds. The van der Waals surface area contributed by atoms with Crippen LogP contribution in [0.3, 0.4) is 0 Å². The molecule has 0 saturated heterocycles. The topological polar surface area (TPSA) is 132 Å². The average molecular weight is 587 g/mol.